The number of ether oxygens (including phenoxy) is 10. The van der Waals surface area contributed by atoms with Crippen molar-refractivity contribution in [2.24, 2.45) is 23.7 Å². The van der Waals surface area contributed by atoms with Crippen molar-refractivity contribution in [2.75, 3.05) is 135 Å². The molecule has 6 rings (SSSR count). The fourth-order valence-corrected chi connectivity index (χ4v) is 13.0. The minimum Gasteiger partial charge on any atom is -0.508 e. The largest absolute Gasteiger partial charge is 0.508 e. The predicted molar refractivity (Wildman–Crippen MR) is 494 cm³/mol. The standard InChI is InChI=1S/C21H27NO4.C21H35NO4.C20H33NO4.C19H31NO4.C18H29NO4/c1-4-12-25-20-14-18(23)10-11-19(20)21(24)26-15-17(22(2)3)13-16-8-6-5-7-9-16;1-6-9-12-25-20-14-18(23)10-11-19(20)21(24)26-15-17(13-16(4)5)22(7-2)8-3;1-6-12-24-19-13-16(10-11-18(19)22)20(23)25-14-17(15(5)7-2)21(8-3)9-4;1-6-8-11-23-18-12-15(9-10-17(18)21)19(22)24-13-16(20(4)5)14(3)7-2;1-6-9-22-17-11-15(20)7-8-16(17)18(21)23-12-14(19(4)5)10-13(2)3/h5-11,14,17,23H,4,12-13,15H2,1-3H3;10-11,14,16-17,23H,6-9,12-13,15H2,1-5H3;10-11,13,15,17,22H,6-9,12,14H2,1-5H3;9-10,12,14,16,21H,6-8,11,13H2,1-5H3;7-8,11,13-14,20H,6,9-10,12H2,1-5H3/t2*17-;15?,17-;14?,16-;14-/m00110/s1. The molecule has 0 heterocycles. The molecule has 6 aromatic carbocycles. The van der Waals surface area contributed by atoms with Gasteiger partial charge in [-0.15, -0.1) is 0 Å². The van der Waals surface area contributed by atoms with Gasteiger partial charge in [0.2, 0.25) is 0 Å². The molecule has 0 aliphatic carbocycles. The Bertz CT molecular complexity index is 3940. The van der Waals surface area contributed by atoms with Crippen LogP contribution in [-0.2, 0) is 30.1 Å². The van der Waals surface area contributed by atoms with Crippen molar-refractivity contribution < 1.29 is 96.9 Å². The molecule has 0 aliphatic heterocycles. The van der Waals surface area contributed by atoms with Gasteiger partial charge < -0.3 is 87.6 Å². The van der Waals surface area contributed by atoms with E-state index in [-0.39, 0.29) is 71.5 Å². The summed E-state index contributed by atoms with van der Waals surface area (Å²) >= 11 is 0. The maximum Gasteiger partial charge on any atom is 0.341 e. The van der Waals surface area contributed by atoms with Gasteiger partial charge in [-0.25, -0.2) is 24.0 Å². The molecule has 6 aromatic rings. The quantitative estimate of drug-likeness (QED) is 0.0135. The van der Waals surface area contributed by atoms with Gasteiger partial charge >= 0.3 is 29.8 Å². The van der Waals surface area contributed by atoms with E-state index in [1.807, 2.05) is 86.2 Å². The molecular formula is C99H155N5O20. The summed E-state index contributed by atoms with van der Waals surface area (Å²) in [7, 11) is 11.9. The Kier molecular flexibility index (Phi) is 55.8. The maximum atomic E-state index is 12.6. The molecule has 25 heteroatoms. The molecule has 0 spiro atoms. The van der Waals surface area contributed by atoms with E-state index in [0.717, 1.165) is 103 Å². The number of nitrogens with zero attached hydrogens (tertiary/aromatic N) is 5. The number of likely N-dealkylation sites (N-methyl/N-ethyl adjacent to an activating group) is 5. The van der Waals surface area contributed by atoms with E-state index < -0.39 is 23.9 Å². The fourth-order valence-electron chi connectivity index (χ4n) is 13.0. The van der Waals surface area contributed by atoms with Crippen molar-refractivity contribution in [1.29, 1.82) is 0 Å². The number of unbranched alkanes of at least 4 members (excludes halogenated alkanes) is 2. The summed E-state index contributed by atoms with van der Waals surface area (Å²) in [5.41, 5.74) is 3.01. The maximum absolute atomic E-state index is 12.6. The minimum atomic E-state index is -0.448. The monoisotopic (exact) mass is 1730 g/mol. The Balaban J connectivity index is 0.000000525. The zero-order chi connectivity index (χ0) is 92.8. The zero-order valence-corrected chi connectivity index (χ0v) is 79.2. The first-order valence-corrected chi connectivity index (χ1v) is 44.8. The first-order chi connectivity index (χ1) is 59.2. The van der Waals surface area contributed by atoms with Crippen LogP contribution in [0.1, 0.15) is 246 Å². The van der Waals surface area contributed by atoms with Crippen LogP contribution in [0.2, 0.25) is 0 Å². The van der Waals surface area contributed by atoms with Gasteiger partial charge in [-0.1, -0.05) is 174 Å². The number of carbonyl (C=O) groups excluding carboxylic acids is 5. The Labute approximate surface area is 742 Å². The summed E-state index contributed by atoms with van der Waals surface area (Å²) in [5, 5.41) is 48.5. The molecule has 0 saturated carbocycles. The number of carbonyl (C=O) groups is 5. The van der Waals surface area contributed by atoms with Gasteiger partial charge in [0.25, 0.3) is 0 Å². The second-order valence-corrected chi connectivity index (χ2v) is 32.5. The number of hydrogen-bond donors (Lipinski definition) is 5. The molecule has 7 atom stereocenters. The average Bonchev–Trinajstić information content (AvgIpc) is 0.857. The lowest BCUT2D eigenvalue weighted by atomic mass is 9.98. The zero-order valence-electron chi connectivity index (χ0n) is 79.2. The minimum absolute atomic E-state index is 0.0330. The van der Waals surface area contributed by atoms with Crippen molar-refractivity contribution in [3.8, 4) is 57.5 Å². The molecule has 25 nitrogen and oxygen atoms in total. The number of phenolic OH excluding ortho intramolecular Hbond substituents is 5. The van der Waals surface area contributed by atoms with Gasteiger partial charge in [0.15, 0.2) is 23.0 Å². The highest BCUT2D eigenvalue weighted by Crippen LogP contribution is 2.32. The van der Waals surface area contributed by atoms with Crippen molar-refractivity contribution in [2.45, 2.75) is 225 Å². The van der Waals surface area contributed by atoms with Crippen LogP contribution in [0.5, 0.6) is 57.5 Å². The highest BCUT2D eigenvalue weighted by Gasteiger charge is 2.28. The Hall–Kier alpha value is -9.53. The van der Waals surface area contributed by atoms with E-state index in [0.29, 0.717) is 140 Å². The van der Waals surface area contributed by atoms with Gasteiger partial charge in [0, 0.05) is 48.4 Å². The molecule has 0 bridgehead atoms. The summed E-state index contributed by atoms with van der Waals surface area (Å²) in [6.07, 6.45) is 11.0. The van der Waals surface area contributed by atoms with E-state index in [1.54, 1.807) is 30.3 Å². The lowest BCUT2D eigenvalue weighted by Gasteiger charge is -2.33. The molecule has 0 aromatic heterocycles. The Morgan fingerprint density at radius 1 is 0.331 bits per heavy atom. The van der Waals surface area contributed by atoms with Crippen molar-refractivity contribution in [3.05, 3.63) is 155 Å². The highest BCUT2D eigenvalue weighted by molar-refractivity contribution is 5.94. The predicted octanol–water partition coefficient (Wildman–Crippen LogP) is 19.1. The molecule has 0 aliphatic rings. The average molecular weight is 1740 g/mol. The summed E-state index contributed by atoms with van der Waals surface area (Å²) in [5.74, 6) is 1.87. The highest BCUT2D eigenvalue weighted by atomic mass is 16.6. The first kappa shape index (κ1) is 111. The second kappa shape index (κ2) is 62.6. The number of benzene rings is 6. The second-order valence-electron chi connectivity index (χ2n) is 32.5. The third-order valence-electron chi connectivity index (χ3n) is 21.0. The molecule has 0 fully saturated rings. The van der Waals surface area contributed by atoms with Crippen molar-refractivity contribution in [3.63, 3.8) is 0 Å². The molecule has 0 amide bonds. The van der Waals surface area contributed by atoms with Gasteiger partial charge in [0.1, 0.15) is 84.2 Å². The van der Waals surface area contributed by atoms with E-state index in [1.165, 1.54) is 66.2 Å². The summed E-state index contributed by atoms with van der Waals surface area (Å²) in [6, 6.07) is 33.5. The third-order valence-corrected chi connectivity index (χ3v) is 21.0. The Morgan fingerprint density at radius 3 is 1.02 bits per heavy atom. The number of esters is 5. The molecule has 0 radical (unpaired) electrons. The summed E-state index contributed by atoms with van der Waals surface area (Å²) in [4.78, 5) is 73.0. The van der Waals surface area contributed by atoms with Gasteiger partial charge in [0.05, 0.1) is 44.2 Å². The van der Waals surface area contributed by atoms with Crippen molar-refractivity contribution >= 4 is 29.8 Å². The van der Waals surface area contributed by atoms with Gasteiger partial charge in [-0.3, -0.25) is 9.80 Å². The van der Waals surface area contributed by atoms with Gasteiger partial charge in [-0.2, -0.15) is 0 Å². The fraction of sp³-hybridized carbons (Fsp3) is 0.586. The van der Waals surface area contributed by atoms with E-state index >= 15 is 0 Å². The smallest absolute Gasteiger partial charge is 0.341 e. The molecule has 5 N–H and O–H groups in total. The lowest BCUT2D eigenvalue weighted by Crippen LogP contribution is -2.43. The van der Waals surface area contributed by atoms with Crippen LogP contribution < -0.4 is 23.7 Å². The number of rotatable bonds is 51. The number of hydrogen-bond acceptors (Lipinski definition) is 25. The number of phenols is 5. The van der Waals surface area contributed by atoms with Crippen LogP contribution in [0.4, 0.5) is 0 Å². The first-order valence-electron chi connectivity index (χ1n) is 44.8. The van der Waals surface area contributed by atoms with E-state index in [2.05, 4.69) is 129 Å². The van der Waals surface area contributed by atoms with Crippen LogP contribution in [0.15, 0.2) is 121 Å². The molecule has 124 heavy (non-hydrogen) atoms. The van der Waals surface area contributed by atoms with Crippen LogP contribution in [0.25, 0.3) is 0 Å². The molecular weight excluding hydrogens is 1580 g/mol. The van der Waals surface area contributed by atoms with Gasteiger partial charge in [-0.05, 0) is 222 Å². The molecule has 2 unspecified atom stereocenters. The molecule has 696 valence electrons. The SMILES string of the molecule is CCCCOc1cc(C(=O)OC[C@H](C(C)CC)N(C)C)ccc1O.CCCCOc1cc(O)ccc1C(=O)OC[C@H](CC(C)C)N(CC)CC.CCCOc1cc(C(=O)OC[C@H](C(C)CC)N(CC)CC)ccc1O.CCCOc1cc(O)ccc1C(=O)OC[C@H](CC(C)C)N(C)C.CCCOc1cc(O)ccc1C(=O)OC[C@H](Cc1ccccc1)N(C)C. The normalized spacial score (nSPS) is 12.8. The van der Waals surface area contributed by atoms with Crippen LogP contribution in [0, 0.1) is 23.7 Å². The third kappa shape index (κ3) is 42.0. The van der Waals surface area contributed by atoms with Crippen molar-refractivity contribution in [1.82, 2.24) is 24.5 Å². The number of aromatic hydroxyl groups is 5. The van der Waals surface area contributed by atoms with E-state index in [4.69, 9.17) is 47.4 Å². The summed E-state index contributed by atoms with van der Waals surface area (Å²) < 4.78 is 55.4. The van der Waals surface area contributed by atoms with E-state index in [9.17, 15) is 49.5 Å². The molecule has 0 saturated heterocycles. The van der Waals surface area contributed by atoms with Crippen LogP contribution >= 0.6 is 0 Å². The van der Waals surface area contributed by atoms with Crippen LogP contribution in [-0.4, -0.2) is 245 Å². The topological polar surface area (TPSA) is 295 Å². The lowest BCUT2D eigenvalue weighted by molar-refractivity contribution is 0.0269. The Morgan fingerprint density at radius 2 is 0.669 bits per heavy atom. The summed E-state index contributed by atoms with van der Waals surface area (Å²) in [6.45, 7) is 43.7. The van der Waals surface area contributed by atoms with Crippen LogP contribution in [0.3, 0.4) is 0 Å².